The molecule has 0 atom stereocenters. The van der Waals surface area contributed by atoms with E-state index >= 15 is 0 Å². The third-order valence-electron chi connectivity index (χ3n) is 4.07. The van der Waals surface area contributed by atoms with E-state index in [1.54, 1.807) is 6.33 Å². The summed E-state index contributed by atoms with van der Waals surface area (Å²) in [5.41, 5.74) is 2.20. The molecule has 0 bridgehead atoms. The lowest BCUT2D eigenvalue weighted by molar-refractivity contribution is -0.129. The van der Waals surface area contributed by atoms with Crippen LogP contribution in [0.2, 0.25) is 0 Å². The number of hydrogen-bond donors (Lipinski definition) is 0. The molecule has 122 valence electrons. The number of thioether (sulfide) groups is 1. The Bertz CT molecular complexity index is 679. The first-order valence-corrected chi connectivity index (χ1v) is 8.69. The highest BCUT2D eigenvalue weighted by Gasteiger charge is 2.20. The second-order valence-corrected chi connectivity index (χ2v) is 6.69. The molecule has 1 aliphatic heterocycles. The summed E-state index contributed by atoms with van der Waals surface area (Å²) in [5, 5.41) is 8.91. The Hall–Kier alpha value is -1.86. The molecule has 0 saturated carbocycles. The Morgan fingerprint density at radius 2 is 1.96 bits per heavy atom. The molecule has 0 N–H and O–H groups in total. The van der Waals surface area contributed by atoms with Crippen molar-refractivity contribution in [3.8, 4) is 5.69 Å². The van der Waals surface area contributed by atoms with Crippen LogP contribution < -0.4 is 0 Å². The highest BCUT2D eigenvalue weighted by Crippen LogP contribution is 2.22. The highest BCUT2D eigenvalue weighted by atomic mass is 32.2. The number of aromatic nitrogens is 3. The van der Waals surface area contributed by atoms with Gasteiger partial charge in [0.2, 0.25) is 5.91 Å². The number of carbonyl (C=O) groups is 1. The molecule has 6 nitrogen and oxygen atoms in total. The molecule has 7 heteroatoms. The van der Waals surface area contributed by atoms with Gasteiger partial charge in [-0.15, -0.1) is 10.2 Å². The van der Waals surface area contributed by atoms with Crippen LogP contribution in [0.5, 0.6) is 0 Å². The van der Waals surface area contributed by atoms with Crippen LogP contribution in [0.3, 0.4) is 0 Å². The van der Waals surface area contributed by atoms with Gasteiger partial charge in [-0.3, -0.25) is 9.36 Å². The Morgan fingerprint density at radius 1 is 1.22 bits per heavy atom. The number of hydrogen-bond acceptors (Lipinski definition) is 5. The number of carbonyl (C=O) groups excluding carboxylic acids is 1. The van der Waals surface area contributed by atoms with Crippen molar-refractivity contribution in [3.05, 3.63) is 36.2 Å². The minimum atomic E-state index is 0.169. The summed E-state index contributed by atoms with van der Waals surface area (Å²) >= 11 is 1.44. The molecular formula is C16H21N5OS. The minimum Gasteiger partial charge on any atom is -0.339 e. The van der Waals surface area contributed by atoms with Crippen LogP contribution in [0, 0.1) is 6.92 Å². The second-order valence-electron chi connectivity index (χ2n) is 5.74. The first-order chi connectivity index (χ1) is 11.1. The summed E-state index contributed by atoms with van der Waals surface area (Å²) in [7, 11) is 2.08. The van der Waals surface area contributed by atoms with Crippen LogP contribution in [0.4, 0.5) is 0 Å². The lowest BCUT2D eigenvalue weighted by Crippen LogP contribution is -2.47. The van der Waals surface area contributed by atoms with Crippen LogP contribution >= 0.6 is 11.8 Å². The van der Waals surface area contributed by atoms with E-state index in [0.29, 0.717) is 5.75 Å². The predicted molar refractivity (Wildman–Crippen MR) is 90.9 cm³/mol. The molecular weight excluding hydrogens is 310 g/mol. The molecule has 0 unspecified atom stereocenters. The Labute approximate surface area is 140 Å². The van der Waals surface area contributed by atoms with Gasteiger partial charge in [-0.25, -0.2) is 0 Å². The maximum absolute atomic E-state index is 12.3. The number of rotatable bonds is 4. The Balaban J connectivity index is 1.65. The standard InChI is InChI=1S/C16H21N5OS/c1-13-5-3-4-6-14(13)21-12-17-18-16(21)23-11-15(22)20-9-7-19(2)8-10-20/h3-6,12H,7-11H2,1-2H3. The van der Waals surface area contributed by atoms with Gasteiger partial charge < -0.3 is 9.80 Å². The lowest BCUT2D eigenvalue weighted by atomic mass is 10.2. The molecule has 2 aromatic rings. The van der Waals surface area contributed by atoms with Gasteiger partial charge in [0, 0.05) is 26.2 Å². The molecule has 1 aromatic heterocycles. The van der Waals surface area contributed by atoms with Gasteiger partial charge in [0.1, 0.15) is 6.33 Å². The van der Waals surface area contributed by atoms with E-state index < -0.39 is 0 Å². The van der Waals surface area contributed by atoms with Crippen LogP contribution in [0.15, 0.2) is 35.7 Å². The van der Waals surface area contributed by atoms with Gasteiger partial charge >= 0.3 is 0 Å². The molecule has 0 spiro atoms. The zero-order valence-corrected chi connectivity index (χ0v) is 14.3. The minimum absolute atomic E-state index is 0.169. The van der Waals surface area contributed by atoms with Crippen molar-refractivity contribution in [1.82, 2.24) is 24.6 Å². The maximum Gasteiger partial charge on any atom is 0.233 e. The number of amides is 1. The largest absolute Gasteiger partial charge is 0.339 e. The van der Waals surface area contributed by atoms with E-state index in [1.807, 2.05) is 27.7 Å². The number of nitrogens with zero attached hydrogens (tertiary/aromatic N) is 5. The zero-order valence-electron chi connectivity index (χ0n) is 13.5. The van der Waals surface area contributed by atoms with Crippen LogP contribution in [-0.4, -0.2) is 69.5 Å². The van der Waals surface area contributed by atoms with Gasteiger partial charge in [-0.2, -0.15) is 0 Å². The fourth-order valence-corrected chi connectivity index (χ4v) is 3.42. The molecule has 23 heavy (non-hydrogen) atoms. The van der Waals surface area contributed by atoms with Gasteiger partial charge in [-0.05, 0) is 25.6 Å². The lowest BCUT2D eigenvalue weighted by Gasteiger charge is -2.32. The van der Waals surface area contributed by atoms with Crippen LogP contribution in [0.25, 0.3) is 5.69 Å². The number of para-hydroxylation sites is 1. The fourth-order valence-electron chi connectivity index (χ4n) is 2.60. The van der Waals surface area contributed by atoms with E-state index in [1.165, 1.54) is 11.8 Å². The van der Waals surface area contributed by atoms with Crippen molar-refractivity contribution in [1.29, 1.82) is 0 Å². The average Bonchev–Trinajstić information content (AvgIpc) is 3.02. The molecule has 1 saturated heterocycles. The van der Waals surface area contributed by atoms with Crippen molar-refractivity contribution in [2.45, 2.75) is 12.1 Å². The normalized spacial score (nSPS) is 15.8. The fraction of sp³-hybridized carbons (Fsp3) is 0.438. The number of likely N-dealkylation sites (N-methyl/N-ethyl adjacent to an activating group) is 1. The van der Waals surface area contributed by atoms with Crippen molar-refractivity contribution >= 4 is 17.7 Å². The summed E-state index contributed by atoms with van der Waals surface area (Å²) < 4.78 is 1.94. The smallest absolute Gasteiger partial charge is 0.233 e. The monoisotopic (exact) mass is 331 g/mol. The topological polar surface area (TPSA) is 54.3 Å². The average molecular weight is 331 g/mol. The number of benzene rings is 1. The molecule has 2 heterocycles. The first-order valence-electron chi connectivity index (χ1n) is 7.70. The zero-order chi connectivity index (χ0) is 16.2. The summed E-state index contributed by atoms with van der Waals surface area (Å²) in [4.78, 5) is 16.5. The molecule has 0 radical (unpaired) electrons. The van der Waals surface area contributed by atoms with Crippen molar-refractivity contribution < 1.29 is 4.79 Å². The summed E-state index contributed by atoms with van der Waals surface area (Å²) in [6, 6.07) is 8.09. The van der Waals surface area contributed by atoms with Gasteiger partial charge in [0.15, 0.2) is 5.16 Å². The van der Waals surface area contributed by atoms with Gasteiger partial charge in [0.25, 0.3) is 0 Å². The molecule has 1 aliphatic rings. The summed E-state index contributed by atoms with van der Waals surface area (Å²) in [5.74, 6) is 0.566. The maximum atomic E-state index is 12.3. The molecule has 0 aliphatic carbocycles. The quantitative estimate of drug-likeness (QED) is 0.794. The molecule has 1 aromatic carbocycles. The Morgan fingerprint density at radius 3 is 2.70 bits per heavy atom. The third kappa shape index (κ3) is 3.73. The van der Waals surface area contributed by atoms with Crippen LogP contribution in [0.1, 0.15) is 5.56 Å². The number of piperazine rings is 1. The van der Waals surface area contributed by atoms with E-state index in [0.717, 1.165) is 42.6 Å². The van der Waals surface area contributed by atoms with Gasteiger partial charge in [-0.1, -0.05) is 30.0 Å². The van der Waals surface area contributed by atoms with E-state index in [2.05, 4.69) is 35.1 Å². The summed E-state index contributed by atoms with van der Waals surface area (Å²) in [6.07, 6.45) is 1.70. The van der Waals surface area contributed by atoms with E-state index in [4.69, 9.17) is 0 Å². The molecule has 1 fully saturated rings. The number of aryl methyl sites for hydroxylation is 1. The SMILES string of the molecule is Cc1ccccc1-n1cnnc1SCC(=O)N1CCN(C)CC1. The second kappa shape index (κ2) is 7.14. The van der Waals surface area contributed by atoms with E-state index in [-0.39, 0.29) is 5.91 Å². The van der Waals surface area contributed by atoms with Crippen molar-refractivity contribution in [3.63, 3.8) is 0 Å². The van der Waals surface area contributed by atoms with Gasteiger partial charge in [0.05, 0.1) is 11.4 Å². The van der Waals surface area contributed by atoms with Crippen molar-refractivity contribution in [2.24, 2.45) is 0 Å². The molecule has 3 rings (SSSR count). The van der Waals surface area contributed by atoms with Crippen LogP contribution in [-0.2, 0) is 4.79 Å². The van der Waals surface area contributed by atoms with Crippen molar-refractivity contribution in [2.75, 3.05) is 39.0 Å². The third-order valence-corrected chi connectivity index (χ3v) is 5.00. The first kappa shape index (κ1) is 16.0. The molecule has 1 amide bonds. The predicted octanol–water partition coefficient (Wildman–Crippen LogP) is 1.44. The Kier molecular flexibility index (Phi) is 4.97. The van der Waals surface area contributed by atoms with E-state index in [9.17, 15) is 4.79 Å². The summed E-state index contributed by atoms with van der Waals surface area (Å²) in [6.45, 7) is 5.55. The highest BCUT2D eigenvalue weighted by molar-refractivity contribution is 7.99.